The largest absolute Gasteiger partial charge is 0.526 e. The molecule has 0 amide bonds. The number of allylic oxidation sites excluding steroid dienone is 1. The summed E-state index contributed by atoms with van der Waals surface area (Å²) in [7, 11) is -1.56. The zero-order valence-electron chi connectivity index (χ0n) is 7.40. The van der Waals surface area contributed by atoms with E-state index in [1.54, 1.807) is 24.3 Å². The molecular weight excluding hydrogens is 167 g/mol. The van der Waals surface area contributed by atoms with Gasteiger partial charge in [0.1, 0.15) is 11.1 Å². The number of furan rings is 1. The third kappa shape index (κ3) is 2.11. The maximum absolute atomic E-state index is 8.83. The van der Waals surface area contributed by atoms with Crippen molar-refractivity contribution in [2.75, 3.05) is 0 Å². The molecule has 1 heterocycles. The molecule has 0 fully saturated rings. The van der Waals surface area contributed by atoms with Crippen molar-refractivity contribution in [2.24, 2.45) is 0 Å². The van der Waals surface area contributed by atoms with Crippen LogP contribution in [0.15, 0.2) is 23.1 Å². The van der Waals surface area contributed by atoms with E-state index in [0.717, 1.165) is 5.22 Å². The first-order valence-corrected chi connectivity index (χ1v) is 3.94. The molecule has 0 saturated heterocycles. The minimum atomic E-state index is -1.56. The monoisotopic (exact) mass is 178 g/mol. The molecule has 0 atom stereocenters. The highest BCUT2D eigenvalue weighted by Crippen LogP contribution is 1.74. The van der Waals surface area contributed by atoms with Crippen LogP contribution >= 0.6 is 0 Å². The standard InChI is InChI=1S/C9H11BO3/c1-3-5-7-6-9(10(11)12)13-8(7)4-2/h3-6,11-12H,1H2,2H3/b7-5-,8-4+. The lowest BCUT2D eigenvalue weighted by Crippen LogP contribution is -2.28. The highest BCUT2D eigenvalue weighted by atomic mass is 16.4. The maximum Gasteiger partial charge on any atom is 0.526 e. The molecule has 0 aliphatic carbocycles. The highest BCUT2D eigenvalue weighted by molar-refractivity contribution is 6.56. The molecule has 1 rings (SSSR count). The Hall–Kier alpha value is -1.26. The Bertz CT molecular complexity index is 403. The van der Waals surface area contributed by atoms with E-state index in [9.17, 15) is 0 Å². The lowest BCUT2D eigenvalue weighted by atomic mass is 9.88. The fourth-order valence-corrected chi connectivity index (χ4v) is 1.05. The van der Waals surface area contributed by atoms with Gasteiger partial charge in [0, 0.05) is 5.22 Å². The molecule has 0 aromatic carbocycles. The van der Waals surface area contributed by atoms with Gasteiger partial charge in [-0.05, 0) is 19.1 Å². The fraction of sp³-hybridized carbons (Fsp3) is 0.111. The molecule has 0 aliphatic heterocycles. The van der Waals surface area contributed by atoms with E-state index in [0.29, 0.717) is 5.42 Å². The molecule has 0 unspecified atom stereocenters. The molecule has 1 aromatic heterocycles. The molecule has 68 valence electrons. The van der Waals surface area contributed by atoms with E-state index in [-0.39, 0.29) is 5.66 Å². The van der Waals surface area contributed by atoms with Gasteiger partial charge in [-0.3, -0.25) is 0 Å². The lowest BCUT2D eigenvalue weighted by Gasteiger charge is -1.87. The Morgan fingerprint density at radius 1 is 1.54 bits per heavy atom. The van der Waals surface area contributed by atoms with Crippen molar-refractivity contribution in [1.82, 2.24) is 0 Å². The van der Waals surface area contributed by atoms with Gasteiger partial charge in [0.05, 0.1) is 0 Å². The third-order valence-electron chi connectivity index (χ3n) is 1.62. The van der Waals surface area contributed by atoms with Gasteiger partial charge in [-0.25, -0.2) is 0 Å². The number of hydrogen-bond donors (Lipinski definition) is 2. The van der Waals surface area contributed by atoms with Crippen molar-refractivity contribution in [1.29, 1.82) is 0 Å². The van der Waals surface area contributed by atoms with Crippen molar-refractivity contribution in [3.63, 3.8) is 0 Å². The van der Waals surface area contributed by atoms with Gasteiger partial charge in [0.25, 0.3) is 0 Å². The van der Waals surface area contributed by atoms with Crippen LogP contribution in [0.3, 0.4) is 0 Å². The Labute approximate surface area is 76.5 Å². The summed E-state index contributed by atoms with van der Waals surface area (Å²) in [6.45, 7) is 5.36. The van der Waals surface area contributed by atoms with E-state index in [1.165, 1.54) is 0 Å². The first-order chi connectivity index (χ1) is 6.19. The van der Waals surface area contributed by atoms with Crippen LogP contribution in [0.2, 0.25) is 0 Å². The molecule has 3 nitrogen and oxygen atoms in total. The van der Waals surface area contributed by atoms with E-state index in [4.69, 9.17) is 14.5 Å². The summed E-state index contributed by atoms with van der Waals surface area (Å²) in [5.74, 6) is 0. The Balaban J connectivity index is 3.37. The van der Waals surface area contributed by atoms with Crippen LogP contribution in [0.1, 0.15) is 6.92 Å². The summed E-state index contributed by atoms with van der Waals surface area (Å²) in [5.41, 5.74) is 0.754. The van der Waals surface area contributed by atoms with E-state index in [1.807, 2.05) is 6.92 Å². The second-order valence-corrected chi connectivity index (χ2v) is 2.53. The summed E-state index contributed by atoms with van der Waals surface area (Å²) < 4.78 is 5.14. The zero-order valence-corrected chi connectivity index (χ0v) is 7.40. The molecule has 0 saturated carbocycles. The Morgan fingerprint density at radius 2 is 2.23 bits per heavy atom. The second kappa shape index (κ2) is 4.12. The predicted molar refractivity (Wildman–Crippen MR) is 52.6 cm³/mol. The lowest BCUT2D eigenvalue weighted by molar-refractivity contribution is 0.406. The van der Waals surface area contributed by atoms with Crippen molar-refractivity contribution in [3.8, 4) is 0 Å². The SMILES string of the molecule is C=C/C=c1/cc(B(O)O)o/c1=C/C. The van der Waals surface area contributed by atoms with Crippen LogP contribution < -0.4 is 16.3 Å². The second-order valence-electron chi connectivity index (χ2n) is 2.53. The normalized spacial score (nSPS) is 13.5. The summed E-state index contributed by atoms with van der Waals surface area (Å²) in [6.07, 6.45) is 5.11. The van der Waals surface area contributed by atoms with Gasteiger partial charge in [0.2, 0.25) is 0 Å². The summed E-state index contributed by atoms with van der Waals surface area (Å²) >= 11 is 0. The Kier molecular flexibility index (Phi) is 3.11. The van der Waals surface area contributed by atoms with E-state index in [2.05, 4.69) is 6.58 Å². The van der Waals surface area contributed by atoms with E-state index < -0.39 is 7.12 Å². The summed E-state index contributed by atoms with van der Waals surface area (Å²) in [4.78, 5) is 0. The van der Waals surface area contributed by atoms with Crippen molar-refractivity contribution < 1.29 is 14.5 Å². The Morgan fingerprint density at radius 3 is 2.69 bits per heavy atom. The van der Waals surface area contributed by atoms with Crippen LogP contribution in [-0.4, -0.2) is 17.2 Å². The number of hydrogen-bond acceptors (Lipinski definition) is 3. The molecule has 1 aromatic rings. The quantitative estimate of drug-likeness (QED) is 0.555. The van der Waals surface area contributed by atoms with Crippen molar-refractivity contribution in [3.05, 3.63) is 29.4 Å². The molecular formula is C9H11BO3. The molecule has 0 aliphatic rings. The molecule has 0 bridgehead atoms. The predicted octanol–water partition coefficient (Wildman–Crippen LogP) is -1.27. The van der Waals surface area contributed by atoms with Crippen LogP contribution in [-0.2, 0) is 0 Å². The first-order valence-electron chi connectivity index (χ1n) is 3.94. The van der Waals surface area contributed by atoms with Crippen molar-refractivity contribution in [2.45, 2.75) is 6.92 Å². The van der Waals surface area contributed by atoms with Gasteiger partial charge < -0.3 is 14.5 Å². The first kappa shape index (κ1) is 9.83. The van der Waals surface area contributed by atoms with Gasteiger partial charge in [-0.1, -0.05) is 18.7 Å². The minimum absolute atomic E-state index is 0.140. The highest BCUT2D eigenvalue weighted by Gasteiger charge is 2.14. The van der Waals surface area contributed by atoms with Crippen LogP contribution in [0.25, 0.3) is 12.2 Å². The van der Waals surface area contributed by atoms with Gasteiger partial charge in [-0.2, -0.15) is 0 Å². The fourth-order valence-electron chi connectivity index (χ4n) is 1.05. The van der Waals surface area contributed by atoms with Gasteiger partial charge in [0.15, 0.2) is 0 Å². The van der Waals surface area contributed by atoms with Gasteiger partial charge in [-0.15, -0.1) is 0 Å². The maximum atomic E-state index is 8.83. The summed E-state index contributed by atoms with van der Waals surface area (Å²) in [5, 5.41) is 18.5. The molecule has 0 spiro atoms. The average molecular weight is 178 g/mol. The average Bonchev–Trinajstić information content (AvgIpc) is 2.48. The van der Waals surface area contributed by atoms with Crippen LogP contribution in [0.4, 0.5) is 0 Å². The topological polar surface area (TPSA) is 53.6 Å². The third-order valence-corrected chi connectivity index (χ3v) is 1.62. The molecule has 2 N–H and O–H groups in total. The zero-order chi connectivity index (χ0) is 9.84. The van der Waals surface area contributed by atoms with Crippen LogP contribution in [0, 0.1) is 0 Å². The van der Waals surface area contributed by atoms with Crippen LogP contribution in [0.5, 0.6) is 0 Å². The molecule has 13 heavy (non-hydrogen) atoms. The molecule has 4 heteroatoms. The van der Waals surface area contributed by atoms with E-state index >= 15 is 0 Å². The van der Waals surface area contributed by atoms with Gasteiger partial charge >= 0.3 is 7.12 Å². The minimum Gasteiger partial charge on any atom is -0.465 e. The smallest absolute Gasteiger partial charge is 0.465 e. The number of rotatable bonds is 2. The summed E-state index contributed by atoms with van der Waals surface area (Å²) in [6, 6.07) is 1.57. The molecule has 0 radical (unpaired) electrons. The van der Waals surface area contributed by atoms with Crippen molar-refractivity contribution >= 4 is 24.9 Å².